The molecular weight excluding hydrogens is 334 g/mol. The summed E-state index contributed by atoms with van der Waals surface area (Å²) in [5.74, 6) is 1.08. The van der Waals surface area contributed by atoms with Crippen LogP contribution in [0.25, 0.3) is 11.0 Å². The number of aromatic nitrogens is 2. The lowest BCUT2D eigenvalue weighted by Crippen LogP contribution is -2.18. The first-order chi connectivity index (χ1) is 9.74. The van der Waals surface area contributed by atoms with Crippen LogP contribution in [0.3, 0.4) is 0 Å². The second-order valence-electron chi connectivity index (χ2n) is 4.71. The van der Waals surface area contributed by atoms with Gasteiger partial charge in [0.2, 0.25) is 0 Å². The highest BCUT2D eigenvalue weighted by Gasteiger charge is 2.06. The summed E-state index contributed by atoms with van der Waals surface area (Å²) >= 11 is 5.29. The molecule has 0 atom stereocenters. The van der Waals surface area contributed by atoms with Crippen molar-refractivity contribution in [1.29, 1.82) is 0 Å². The van der Waals surface area contributed by atoms with E-state index >= 15 is 0 Å². The van der Waals surface area contributed by atoms with Crippen LogP contribution in [-0.4, -0.2) is 16.1 Å². The van der Waals surface area contributed by atoms with Crippen LogP contribution in [0.4, 0.5) is 0 Å². The summed E-state index contributed by atoms with van der Waals surface area (Å²) in [6, 6.07) is 12.5. The zero-order valence-corrected chi connectivity index (χ0v) is 13.7. The Morgan fingerprint density at radius 2 is 2.10 bits per heavy atom. The van der Waals surface area contributed by atoms with E-state index in [-0.39, 0.29) is 0 Å². The summed E-state index contributed by atoms with van der Waals surface area (Å²) in [6.45, 7) is 1.77. The molecule has 1 N–H and O–H groups in total. The Balaban J connectivity index is 1.58. The fourth-order valence-corrected chi connectivity index (χ4v) is 3.73. The quantitative estimate of drug-likeness (QED) is 0.711. The van der Waals surface area contributed by atoms with Crippen molar-refractivity contribution < 1.29 is 0 Å². The molecule has 5 heteroatoms. The van der Waals surface area contributed by atoms with Gasteiger partial charge in [0.25, 0.3) is 0 Å². The van der Waals surface area contributed by atoms with E-state index in [1.165, 1.54) is 14.2 Å². The van der Waals surface area contributed by atoms with Crippen LogP contribution < -0.4 is 5.32 Å². The van der Waals surface area contributed by atoms with Crippen molar-refractivity contribution in [2.75, 3.05) is 6.54 Å². The minimum Gasteiger partial charge on any atom is -0.330 e. The molecule has 0 aliphatic carbocycles. The van der Waals surface area contributed by atoms with Gasteiger partial charge in [0.15, 0.2) is 0 Å². The molecule has 3 nitrogen and oxygen atoms in total. The van der Waals surface area contributed by atoms with Gasteiger partial charge in [-0.1, -0.05) is 12.1 Å². The average molecular weight is 350 g/mol. The highest BCUT2D eigenvalue weighted by atomic mass is 79.9. The minimum atomic E-state index is 0.803. The van der Waals surface area contributed by atoms with Crippen LogP contribution in [0.1, 0.15) is 10.7 Å². The molecule has 3 rings (SSSR count). The topological polar surface area (TPSA) is 29.9 Å². The van der Waals surface area contributed by atoms with Gasteiger partial charge in [-0.3, -0.25) is 0 Å². The Morgan fingerprint density at radius 3 is 2.85 bits per heavy atom. The predicted octanol–water partition coefficient (Wildman–Crippen LogP) is 3.73. The SMILES string of the molecule is Cn1c(CNCCc2ccc(Br)s2)nc2ccccc21. The first-order valence-electron chi connectivity index (χ1n) is 6.59. The minimum absolute atomic E-state index is 0.803. The number of rotatable bonds is 5. The maximum atomic E-state index is 4.66. The van der Waals surface area contributed by atoms with Gasteiger partial charge in [0, 0.05) is 18.5 Å². The largest absolute Gasteiger partial charge is 0.330 e. The van der Waals surface area contributed by atoms with Gasteiger partial charge in [-0.05, 0) is 46.6 Å². The molecule has 2 heterocycles. The molecule has 0 saturated carbocycles. The number of nitrogens with one attached hydrogen (secondary N) is 1. The molecular formula is C15H16BrN3S. The van der Waals surface area contributed by atoms with Gasteiger partial charge < -0.3 is 9.88 Å². The molecule has 0 saturated heterocycles. The molecule has 0 spiro atoms. The normalized spacial score (nSPS) is 11.3. The lowest BCUT2D eigenvalue weighted by atomic mass is 10.3. The molecule has 104 valence electrons. The summed E-state index contributed by atoms with van der Waals surface area (Å²) < 4.78 is 3.35. The van der Waals surface area contributed by atoms with Gasteiger partial charge in [-0.25, -0.2) is 4.98 Å². The fraction of sp³-hybridized carbons (Fsp3) is 0.267. The molecule has 3 aromatic rings. The van der Waals surface area contributed by atoms with E-state index in [4.69, 9.17) is 0 Å². The zero-order chi connectivity index (χ0) is 13.9. The number of thiophene rings is 1. The second kappa shape index (κ2) is 6.08. The maximum absolute atomic E-state index is 4.66. The molecule has 0 amide bonds. The third-order valence-electron chi connectivity index (χ3n) is 3.34. The number of fused-ring (bicyclic) bond motifs is 1. The first-order valence-corrected chi connectivity index (χ1v) is 8.20. The van der Waals surface area contributed by atoms with Crippen molar-refractivity contribution in [3.63, 3.8) is 0 Å². The van der Waals surface area contributed by atoms with Gasteiger partial charge in [-0.2, -0.15) is 0 Å². The van der Waals surface area contributed by atoms with Crippen LogP contribution >= 0.6 is 27.3 Å². The summed E-state index contributed by atoms with van der Waals surface area (Å²) in [4.78, 5) is 6.05. The molecule has 0 radical (unpaired) electrons. The van der Waals surface area contributed by atoms with E-state index in [9.17, 15) is 0 Å². The van der Waals surface area contributed by atoms with Crippen LogP contribution in [0, 0.1) is 0 Å². The van der Waals surface area contributed by atoms with E-state index in [1.54, 1.807) is 11.3 Å². The lowest BCUT2D eigenvalue weighted by Gasteiger charge is -2.04. The van der Waals surface area contributed by atoms with Crippen molar-refractivity contribution in [2.24, 2.45) is 7.05 Å². The van der Waals surface area contributed by atoms with Gasteiger partial charge in [0.05, 0.1) is 21.4 Å². The van der Waals surface area contributed by atoms with Crippen molar-refractivity contribution in [2.45, 2.75) is 13.0 Å². The third-order valence-corrected chi connectivity index (χ3v) is 5.02. The Kier molecular flexibility index (Phi) is 4.19. The van der Waals surface area contributed by atoms with E-state index in [2.05, 4.69) is 68.2 Å². The number of para-hydroxylation sites is 2. The third kappa shape index (κ3) is 2.95. The smallest absolute Gasteiger partial charge is 0.123 e. The van der Waals surface area contributed by atoms with Crippen LogP contribution in [0.15, 0.2) is 40.2 Å². The van der Waals surface area contributed by atoms with Crippen molar-refractivity contribution >= 4 is 38.3 Å². The Morgan fingerprint density at radius 1 is 1.25 bits per heavy atom. The van der Waals surface area contributed by atoms with E-state index in [0.717, 1.165) is 30.9 Å². The van der Waals surface area contributed by atoms with Crippen molar-refractivity contribution in [3.05, 3.63) is 50.9 Å². The molecule has 1 aromatic carbocycles. The monoisotopic (exact) mass is 349 g/mol. The van der Waals surface area contributed by atoms with E-state index in [1.807, 2.05) is 6.07 Å². The Bertz CT molecular complexity index is 717. The van der Waals surface area contributed by atoms with Gasteiger partial charge in [0.1, 0.15) is 5.82 Å². The van der Waals surface area contributed by atoms with Crippen LogP contribution in [0.2, 0.25) is 0 Å². The second-order valence-corrected chi connectivity index (χ2v) is 7.26. The molecule has 2 aromatic heterocycles. The van der Waals surface area contributed by atoms with Gasteiger partial charge >= 0.3 is 0 Å². The van der Waals surface area contributed by atoms with E-state index in [0.29, 0.717) is 0 Å². The van der Waals surface area contributed by atoms with Crippen molar-refractivity contribution in [1.82, 2.24) is 14.9 Å². The molecule has 0 aliphatic heterocycles. The average Bonchev–Trinajstić information content (AvgIpc) is 3.00. The number of nitrogens with zero attached hydrogens (tertiary/aromatic N) is 2. The number of benzene rings is 1. The van der Waals surface area contributed by atoms with Crippen molar-refractivity contribution in [3.8, 4) is 0 Å². The summed E-state index contributed by atoms with van der Waals surface area (Å²) in [7, 11) is 2.07. The number of hydrogen-bond donors (Lipinski definition) is 1. The summed E-state index contributed by atoms with van der Waals surface area (Å²) in [5.41, 5.74) is 2.25. The Labute approximate surface area is 130 Å². The maximum Gasteiger partial charge on any atom is 0.123 e. The fourth-order valence-electron chi connectivity index (χ4n) is 2.25. The summed E-state index contributed by atoms with van der Waals surface area (Å²) in [6.07, 6.45) is 1.06. The first kappa shape index (κ1) is 13.8. The zero-order valence-electron chi connectivity index (χ0n) is 11.3. The van der Waals surface area contributed by atoms with Gasteiger partial charge in [-0.15, -0.1) is 11.3 Å². The lowest BCUT2D eigenvalue weighted by molar-refractivity contribution is 0.644. The predicted molar refractivity (Wildman–Crippen MR) is 88.1 cm³/mol. The molecule has 0 bridgehead atoms. The molecule has 20 heavy (non-hydrogen) atoms. The standard InChI is InChI=1S/C15H16BrN3S/c1-19-13-5-3-2-4-12(13)18-15(19)10-17-9-8-11-6-7-14(16)20-11/h2-7,17H,8-10H2,1H3. The van der Waals surface area contributed by atoms with Crippen LogP contribution in [-0.2, 0) is 20.0 Å². The Hall–Kier alpha value is -1.17. The molecule has 0 unspecified atom stereocenters. The highest BCUT2D eigenvalue weighted by molar-refractivity contribution is 9.11. The number of aryl methyl sites for hydroxylation is 1. The number of hydrogen-bond acceptors (Lipinski definition) is 3. The number of imidazole rings is 1. The molecule has 0 aliphatic rings. The van der Waals surface area contributed by atoms with E-state index < -0.39 is 0 Å². The van der Waals surface area contributed by atoms with Crippen LogP contribution in [0.5, 0.6) is 0 Å². The molecule has 0 fully saturated rings. The number of halogens is 1. The summed E-state index contributed by atoms with van der Waals surface area (Å²) in [5, 5.41) is 3.47. The highest BCUT2D eigenvalue weighted by Crippen LogP contribution is 2.22.